The van der Waals surface area contributed by atoms with E-state index in [9.17, 15) is 0 Å². The van der Waals surface area contributed by atoms with Crippen LogP contribution >= 0.6 is 0 Å². The molecule has 0 amide bonds. The largest absolute Gasteiger partial charge is 0.381 e. The van der Waals surface area contributed by atoms with Gasteiger partial charge in [0, 0.05) is 33.5 Å². The molecule has 2 rings (SSSR count). The Morgan fingerprint density at radius 1 is 1.21 bits per heavy atom. The van der Waals surface area contributed by atoms with Crippen molar-refractivity contribution in [2.45, 2.75) is 12.8 Å². The van der Waals surface area contributed by atoms with Crippen LogP contribution in [-0.4, -0.2) is 32.3 Å². The van der Waals surface area contributed by atoms with Crippen LogP contribution in [0.3, 0.4) is 0 Å². The minimum absolute atomic E-state index is 0.998. The molecule has 2 heterocycles. The smallest absolute Gasteiger partial charge is 0.127 e. The average molecular weight is 194 g/mol. The monoisotopic (exact) mass is 194 g/mol. The van der Waals surface area contributed by atoms with Crippen molar-refractivity contribution >= 4 is 5.82 Å². The zero-order valence-electron chi connectivity index (χ0n) is 8.94. The highest BCUT2D eigenvalue weighted by Crippen LogP contribution is 2.02. The van der Waals surface area contributed by atoms with Crippen molar-refractivity contribution in [3.05, 3.63) is 24.4 Å². The van der Waals surface area contributed by atoms with Gasteiger partial charge >= 0.3 is 0 Å². The summed E-state index contributed by atoms with van der Waals surface area (Å²) < 4.78 is 4.94. The minimum atomic E-state index is 0.998. The third kappa shape index (κ3) is 4.23. The number of hydrogen-bond acceptors (Lipinski definition) is 3. The number of hydrogen-bond donors (Lipinski definition) is 0. The molecule has 1 aliphatic heterocycles. The summed E-state index contributed by atoms with van der Waals surface area (Å²) in [5, 5.41) is 0. The molecule has 0 spiro atoms. The van der Waals surface area contributed by atoms with Crippen LogP contribution in [-0.2, 0) is 4.74 Å². The van der Waals surface area contributed by atoms with E-state index < -0.39 is 0 Å². The Kier molecular flexibility index (Phi) is 5.00. The third-order valence-corrected chi connectivity index (χ3v) is 1.93. The molecule has 0 saturated carbocycles. The van der Waals surface area contributed by atoms with Gasteiger partial charge in [-0.05, 0) is 25.0 Å². The van der Waals surface area contributed by atoms with E-state index in [1.807, 2.05) is 37.2 Å². The lowest BCUT2D eigenvalue weighted by Gasteiger charge is -2.08. The Morgan fingerprint density at radius 2 is 1.93 bits per heavy atom. The van der Waals surface area contributed by atoms with Crippen molar-refractivity contribution in [1.82, 2.24) is 4.98 Å². The fourth-order valence-electron chi connectivity index (χ4n) is 1.13. The first kappa shape index (κ1) is 11.0. The summed E-state index contributed by atoms with van der Waals surface area (Å²) in [5.41, 5.74) is 0. The molecule has 0 unspecified atom stereocenters. The molecule has 14 heavy (non-hydrogen) atoms. The van der Waals surface area contributed by atoms with E-state index in [0.29, 0.717) is 0 Å². The number of rotatable bonds is 1. The predicted molar refractivity (Wildman–Crippen MR) is 58.6 cm³/mol. The van der Waals surface area contributed by atoms with Crippen LogP contribution in [0, 0.1) is 0 Å². The van der Waals surface area contributed by atoms with Gasteiger partial charge in [-0.2, -0.15) is 0 Å². The second-order valence-corrected chi connectivity index (χ2v) is 3.40. The van der Waals surface area contributed by atoms with Gasteiger partial charge in [0.2, 0.25) is 0 Å². The van der Waals surface area contributed by atoms with Gasteiger partial charge < -0.3 is 9.64 Å². The van der Waals surface area contributed by atoms with Crippen LogP contribution in [0.2, 0.25) is 0 Å². The van der Waals surface area contributed by atoms with Gasteiger partial charge in [0.1, 0.15) is 5.82 Å². The molecule has 0 N–H and O–H groups in total. The lowest BCUT2D eigenvalue weighted by atomic mass is 10.4. The standard InChI is InChI=1S/C7H10N2.C4H8O/c1-9(2)7-5-3-4-6-8-7;1-2-4-5-3-1/h3-6H,1-2H3;1-4H2. The summed E-state index contributed by atoms with van der Waals surface area (Å²) in [6.45, 7) is 2.00. The Bertz CT molecular complexity index is 225. The van der Waals surface area contributed by atoms with Crippen molar-refractivity contribution in [1.29, 1.82) is 0 Å². The van der Waals surface area contributed by atoms with E-state index in [-0.39, 0.29) is 0 Å². The van der Waals surface area contributed by atoms with E-state index in [1.165, 1.54) is 12.8 Å². The van der Waals surface area contributed by atoms with Gasteiger partial charge in [0.05, 0.1) is 0 Å². The van der Waals surface area contributed by atoms with Crippen LogP contribution in [0.25, 0.3) is 0 Å². The molecule has 1 aromatic heterocycles. The fourth-order valence-corrected chi connectivity index (χ4v) is 1.13. The highest BCUT2D eigenvalue weighted by atomic mass is 16.5. The maximum absolute atomic E-state index is 4.94. The van der Waals surface area contributed by atoms with Gasteiger partial charge in [-0.3, -0.25) is 0 Å². The number of pyridine rings is 1. The summed E-state index contributed by atoms with van der Waals surface area (Å²) in [6, 6.07) is 5.86. The van der Waals surface area contributed by atoms with E-state index >= 15 is 0 Å². The summed E-state index contributed by atoms with van der Waals surface area (Å²) in [4.78, 5) is 6.08. The Balaban J connectivity index is 0.000000165. The van der Waals surface area contributed by atoms with Crippen molar-refractivity contribution in [2.75, 3.05) is 32.2 Å². The molecule has 1 aromatic rings. The van der Waals surface area contributed by atoms with Gasteiger partial charge in [-0.15, -0.1) is 0 Å². The fraction of sp³-hybridized carbons (Fsp3) is 0.545. The Labute approximate surface area is 85.7 Å². The molecule has 3 nitrogen and oxygen atoms in total. The normalized spacial score (nSPS) is 14.4. The first-order chi connectivity index (χ1) is 6.80. The summed E-state index contributed by atoms with van der Waals surface area (Å²) in [6.07, 6.45) is 4.34. The molecule has 0 radical (unpaired) electrons. The first-order valence-corrected chi connectivity index (χ1v) is 4.97. The molecule has 78 valence electrons. The molecule has 1 fully saturated rings. The number of anilines is 1. The van der Waals surface area contributed by atoms with Gasteiger partial charge in [0.15, 0.2) is 0 Å². The van der Waals surface area contributed by atoms with Crippen LogP contribution in [0.15, 0.2) is 24.4 Å². The van der Waals surface area contributed by atoms with E-state index in [0.717, 1.165) is 19.0 Å². The molecular formula is C11H18N2O. The minimum Gasteiger partial charge on any atom is -0.381 e. The summed E-state index contributed by atoms with van der Waals surface area (Å²) in [7, 11) is 3.95. The summed E-state index contributed by atoms with van der Waals surface area (Å²) in [5.74, 6) is 0.998. The predicted octanol–water partition coefficient (Wildman–Crippen LogP) is 1.94. The number of nitrogens with zero attached hydrogens (tertiary/aromatic N) is 2. The zero-order valence-corrected chi connectivity index (χ0v) is 8.94. The maximum atomic E-state index is 4.94. The Hall–Kier alpha value is -1.09. The third-order valence-electron chi connectivity index (χ3n) is 1.93. The molecule has 0 aliphatic carbocycles. The SMILES string of the molecule is C1CCOC1.CN(C)c1ccccn1. The van der Waals surface area contributed by atoms with Crippen molar-refractivity contribution in [2.24, 2.45) is 0 Å². The molecular weight excluding hydrogens is 176 g/mol. The molecule has 0 aromatic carbocycles. The highest BCUT2D eigenvalue weighted by Gasteiger charge is 1.94. The Morgan fingerprint density at radius 3 is 2.21 bits per heavy atom. The van der Waals surface area contributed by atoms with Gasteiger partial charge in [-0.1, -0.05) is 6.07 Å². The topological polar surface area (TPSA) is 25.4 Å². The lowest BCUT2D eigenvalue weighted by molar-refractivity contribution is 0.198. The van der Waals surface area contributed by atoms with Crippen LogP contribution < -0.4 is 4.90 Å². The summed E-state index contributed by atoms with van der Waals surface area (Å²) >= 11 is 0. The van der Waals surface area contributed by atoms with E-state index in [2.05, 4.69) is 4.98 Å². The number of ether oxygens (including phenoxy) is 1. The van der Waals surface area contributed by atoms with Crippen molar-refractivity contribution in [3.63, 3.8) is 0 Å². The second-order valence-electron chi connectivity index (χ2n) is 3.40. The molecule has 0 atom stereocenters. The van der Waals surface area contributed by atoms with Crippen LogP contribution in [0.5, 0.6) is 0 Å². The first-order valence-electron chi connectivity index (χ1n) is 4.97. The van der Waals surface area contributed by atoms with Gasteiger partial charge in [-0.25, -0.2) is 4.98 Å². The number of aromatic nitrogens is 1. The lowest BCUT2D eigenvalue weighted by Crippen LogP contribution is -2.09. The molecule has 1 saturated heterocycles. The van der Waals surface area contributed by atoms with E-state index in [1.54, 1.807) is 6.20 Å². The van der Waals surface area contributed by atoms with Crippen LogP contribution in [0.1, 0.15) is 12.8 Å². The zero-order chi connectivity index (χ0) is 10.2. The van der Waals surface area contributed by atoms with E-state index in [4.69, 9.17) is 4.74 Å². The molecule has 1 aliphatic rings. The van der Waals surface area contributed by atoms with Crippen molar-refractivity contribution in [3.8, 4) is 0 Å². The molecule has 3 heteroatoms. The van der Waals surface area contributed by atoms with Gasteiger partial charge in [0.25, 0.3) is 0 Å². The second kappa shape index (κ2) is 6.38. The molecule has 0 bridgehead atoms. The average Bonchev–Trinajstić information content (AvgIpc) is 2.77. The van der Waals surface area contributed by atoms with Crippen LogP contribution in [0.4, 0.5) is 5.82 Å². The maximum Gasteiger partial charge on any atom is 0.127 e. The quantitative estimate of drug-likeness (QED) is 0.683. The highest BCUT2D eigenvalue weighted by molar-refractivity contribution is 5.34. The van der Waals surface area contributed by atoms with Crippen molar-refractivity contribution < 1.29 is 4.74 Å².